The van der Waals surface area contributed by atoms with Gasteiger partial charge in [-0.1, -0.05) is 56.8 Å². The maximum Gasteiger partial charge on any atom is 0.241 e. The highest BCUT2D eigenvalue weighted by atomic mass is 32.2. The van der Waals surface area contributed by atoms with Gasteiger partial charge in [0.25, 0.3) is 0 Å². The zero-order valence-electron chi connectivity index (χ0n) is 17.6. The minimum absolute atomic E-state index is 0.0898. The number of hydrogen-bond donors (Lipinski definition) is 1. The standard InChI is InChI=1S/C22H23N5OS2/c1-13-10-14(2)24-20(17(13)11-23)29-12-18(28)25-21-26-19(30-27-21)15-6-8-16(9-7-15)22(3,4)5/h6-10H,12H2,1-5H3,(H,25,27,28). The fraction of sp³-hybridized carbons (Fsp3) is 0.318. The molecule has 0 unspecified atom stereocenters. The van der Waals surface area contributed by atoms with Crippen LogP contribution in [0.3, 0.4) is 0 Å². The zero-order valence-corrected chi connectivity index (χ0v) is 19.2. The predicted octanol–water partition coefficient (Wildman–Crippen LogP) is 5.12. The molecular weight excluding hydrogens is 414 g/mol. The molecule has 0 saturated heterocycles. The molecule has 1 aromatic carbocycles. The van der Waals surface area contributed by atoms with Crippen molar-refractivity contribution in [2.45, 2.75) is 45.1 Å². The molecule has 154 valence electrons. The molecule has 8 heteroatoms. The van der Waals surface area contributed by atoms with Gasteiger partial charge in [0.1, 0.15) is 16.1 Å². The number of hydrogen-bond acceptors (Lipinski definition) is 7. The third kappa shape index (κ3) is 5.23. The number of nitrogens with zero attached hydrogens (tertiary/aromatic N) is 4. The topological polar surface area (TPSA) is 91.6 Å². The number of aryl methyl sites for hydroxylation is 2. The molecule has 6 nitrogen and oxygen atoms in total. The van der Waals surface area contributed by atoms with Crippen molar-refractivity contribution in [1.29, 1.82) is 5.26 Å². The van der Waals surface area contributed by atoms with E-state index in [1.165, 1.54) is 28.9 Å². The summed E-state index contributed by atoms with van der Waals surface area (Å²) >= 11 is 2.48. The first-order valence-corrected chi connectivity index (χ1v) is 11.2. The quantitative estimate of drug-likeness (QED) is 0.557. The molecule has 1 amide bonds. The number of pyridine rings is 1. The largest absolute Gasteiger partial charge is 0.293 e. The summed E-state index contributed by atoms with van der Waals surface area (Å²) in [5, 5.41) is 13.4. The molecule has 3 rings (SSSR count). The Balaban J connectivity index is 1.64. The lowest BCUT2D eigenvalue weighted by Crippen LogP contribution is -2.15. The smallest absolute Gasteiger partial charge is 0.241 e. The van der Waals surface area contributed by atoms with Gasteiger partial charge in [-0.05, 0) is 48.0 Å². The van der Waals surface area contributed by atoms with Crippen molar-refractivity contribution in [3.63, 3.8) is 0 Å². The van der Waals surface area contributed by atoms with E-state index >= 15 is 0 Å². The Bertz CT molecular complexity index is 1110. The molecule has 0 spiro atoms. The molecule has 2 heterocycles. The van der Waals surface area contributed by atoms with Crippen LogP contribution >= 0.6 is 23.3 Å². The number of carbonyl (C=O) groups excluding carboxylic acids is 1. The Morgan fingerprint density at radius 1 is 1.20 bits per heavy atom. The van der Waals surface area contributed by atoms with Crippen LogP contribution in [-0.4, -0.2) is 26.0 Å². The van der Waals surface area contributed by atoms with Crippen molar-refractivity contribution in [3.05, 3.63) is 52.7 Å². The molecule has 30 heavy (non-hydrogen) atoms. The van der Waals surface area contributed by atoms with Crippen molar-refractivity contribution in [2.24, 2.45) is 0 Å². The second-order valence-electron chi connectivity index (χ2n) is 7.96. The number of benzene rings is 1. The third-order valence-corrected chi connectivity index (χ3v) is 6.18. The predicted molar refractivity (Wildman–Crippen MR) is 122 cm³/mol. The lowest BCUT2D eigenvalue weighted by Gasteiger charge is -2.18. The second kappa shape index (κ2) is 8.94. The number of nitrogens with one attached hydrogen (secondary N) is 1. The van der Waals surface area contributed by atoms with Crippen molar-refractivity contribution >= 4 is 35.1 Å². The third-order valence-electron chi connectivity index (χ3n) is 4.44. The summed E-state index contributed by atoms with van der Waals surface area (Å²) in [7, 11) is 0. The number of carbonyl (C=O) groups is 1. The molecule has 0 bridgehead atoms. The van der Waals surface area contributed by atoms with E-state index < -0.39 is 0 Å². The van der Waals surface area contributed by atoms with Crippen LogP contribution in [0.15, 0.2) is 35.4 Å². The molecule has 0 aliphatic rings. The van der Waals surface area contributed by atoms with E-state index in [4.69, 9.17) is 0 Å². The molecular formula is C22H23N5OS2. The summed E-state index contributed by atoms with van der Waals surface area (Å²) in [5.74, 6) is 0.172. The van der Waals surface area contributed by atoms with Crippen LogP contribution in [0, 0.1) is 25.2 Å². The first kappa shape index (κ1) is 21.9. The van der Waals surface area contributed by atoms with E-state index in [1.807, 2.05) is 32.0 Å². The molecule has 3 aromatic rings. The van der Waals surface area contributed by atoms with E-state index in [9.17, 15) is 10.1 Å². The van der Waals surface area contributed by atoms with Crippen molar-refractivity contribution in [1.82, 2.24) is 14.3 Å². The first-order chi connectivity index (χ1) is 14.2. The normalized spacial score (nSPS) is 11.2. The van der Waals surface area contributed by atoms with Crippen LogP contribution in [0.25, 0.3) is 10.6 Å². The van der Waals surface area contributed by atoms with Gasteiger partial charge in [0.15, 0.2) is 0 Å². The van der Waals surface area contributed by atoms with Gasteiger partial charge in [0.05, 0.1) is 11.3 Å². The van der Waals surface area contributed by atoms with Crippen LogP contribution in [0.4, 0.5) is 5.95 Å². The molecule has 0 aliphatic carbocycles. The minimum atomic E-state index is -0.239. The highest BCUT2D eigenvalue weighted by Gasteiger charge is 2.16. The van der Waals surface area contributed by atoms with Crippen LogP contribution in [-0.2, 0) is 10.2 Å². The molecule has 0 atom stereocenters. The Morgan fingerprint density at radius 2 is 1.90 bits per heavy atom. The van der Waals surface area contributed by atoms with Gasteiger partial charge in [-0.3, -0.25) is 10.1 Å². The van der Waals surface area contributed by atoms with E-state index in [1.54, 1.807) is 0 Å². The molecule has 0 radical (unpaired) electrons. The Kier molecular flexibility index (Phi) is 6.54. The Labute approximate surface area is 184 Å². The van der Waals surface area contributed by atoms with Gasteiger partial charge in [-0.2, -0.15) is 14.6 Å². The highest BCUT2D eigenvalue weighted by molar-refractivity contribution is 8.00. The molecule has 0 fully saturated rings. The Hall–Kier alpha value is -2.76. The average Bonchev–Trinajstić information content (AvgIpc) is 3.14. The molecule has 0 saturated carbocycles. The van der Waals surface area contributed by atoms with E-state index in [-0.39, 0.29) is 23.0 Å². The number of anilines is 1. The second-order valence-corrected chi connectivity index (χ2v) is 9.68. The number of amides is 1. The summed E-state index contributed by atoms with van der Waals surface area (Å²) in [6.07, 6.45) is 0. The highest BCUT2D eigenvalue weighted by Crippen LogP contribution is 2.28. The number of nitriles is 1. The number of thioether (sulfide) groups is 1. The summed E-state index contributed by atoms with van der Waals surface area (Å²) in [4.78, 5) is 21.1. The summed E-state index contributed by atoms with van der Waals surface area (Å²) in [6, 6.07) is 12.3. The maximum atomic E-state index is 12.3. The summed E-state index contributed by atoms with van der Waals surface area (Å²) in [5.41, 5.74) is 4.48. The Morgan fingerprint density at radius 3 is 2.53 bits per heavy atom. The van der Waals surface area contributed by atoms with Gasteiger partial charge in [-0.25, -0.2) is 4.98 Å². The van der Waals surface area contributed by atoms with Crippen molar-refractivity contribution in [3.8, 4) is 16.6 Å². The lowest BCUT2D eigenvalue weighted by atomic mass is 9.87. The number of rotatable bonds is 5. The van der Waals surface area contributed by atoms with E-state index in [2.05, 4.69) is 58.6 Å². The van der Waals surface area contributed by atoms with Crippen LogP contribution in [0.5, 0.6) is 0 Å². The summed E-state index contributed by atoms with van der Waals surface area (Å²) < 4.78 is 4.24. The van der Waals surface area contributed by atoms with Crippen molar-refractivity contribution < 1.29 is 4.79 Å². The van der Waals surface area contributed by atoms with Gasteiger partial charge < -0.3 is 0 Å². The lowest BCUT2D eigenvalue weighted by molar-refractivity contribution is -0.113. The SMILES string of the molecule is Cc1cc(C)c(C#N)c(SCC(=O)Nc2nsc(-c3ccc(C(C)(C)C)cc3)n2)n1. The van der Waals surface area contributed by atoms with Gasteiger partial charge >= 0.3 is 0 Å². The van der Waals surface area contributed by atoms with Crippen molar-refractivity contribution in [2.75, 3.05) is 11.1 Å². The van der Waals surface area contributed by atoms with Gasteiger partial charge in [-0.15, -0.1) is 0 Å². The molecule has 2 aromatic heterocycles. The number of aromatic nitrogens is 3. The van der Waals surface area contributed by atoms with Gasteiger partial charge in [0.2, 0.25) is 11.9 Å². The molecule has 1 N–H and O–H groups in total. The molecule has 0 aliphatic heterocycles. The van der Waals surface area contributed by atoms with E-state index in [0.29, 0.717) is 10.6 Å². The monoisotopic (exact) mass is 437 g/mol. The van der Waals surface area contributed by atoms with E-state index in [0.717, 1.165) is 21.8 Å². The summed E-state index contributed by atoms with van der Waals surface area (Å²) in [6.45, 7) is 10.3. The fourth-order valence-electron chi connectivity index (χ4n) is 2.84. The zero-order chi connectivity index (χ0) is 21.9. The van der Waals surface area contributed by atoms with Gasteiger partial charge in [0, 0.05) is 11.3 Å². The van der Waals surface area contributed by atoms with Crippen LogP contribution < -0.4 is 5.32 Å². The minimum Gasteiger partial charge on any atom is -0.293 e. The van der Waals surface area contributed by atoms with Crippen LogP contribution in [0.2, 0.25) is 0 Å². The maximum absolute atomic E-state index is 12.3. The fourth-order valence-corrected chi connectivity index (χ4v) is 4.37. The average molecular weight is 438 g/mol. The van der Waals surface area contributed by atoms with Crippen LogP contribution in [0.1, 0.15) is 43.2 Å². The first-order valence-electron chi connectivity index (χ1n) is 9.43.